The number of hydrogen-bond acceptors (Lipinski definition) is 3. The van der Waals surface area contributed by atoms with Crippen molar-refractivity contribution in [2.45, 2.75) is 44.0 Å². The highest BCUT2D eigenvalue weighted by molar-refractivity contribution is 7.90. The Bertz CT molecular complexity index is 1100. The van der Waals surface area contributed by atoms with Crippen molar-refractivity contribution in [2.75, 3.05) is 18.9 Å². The molecule has 7 nitrogen and oxygen atoms in total. The predicted octanol–water partition coefficient (Wildman–Crippen LogP) is 4.22. The van der Waals surface area contributed by atoms with Crippen LogP contribution in [0.2, 0.25) is 0 Å². The minimum absolute atomic E-state index is 0.00532. The molecule has 3 rings (SSSR count). The van der Waals surface area contributed by atoms with Crippen LogP contribution < -0.4 is 10.6 Å². The molecule has 2 aromatic rings. The van der Waals surface area contributed by atoms with Gasteiger partial charge in [-0.3, -0.25) is 0 Å². The van der Waals surface area contributed by atoms with Crippen molar-refractivity contribution < 1.29 is 17.6 Å². The number of urea groups is 1. The number of anilines is 1. The molecule has 1 fully saturated rings. The first-order valence-electron chi connectivity index (χ1n) is 10.2. The fourth-order valence-electron chi connectivity index (χ4n) is 3.41. The summed E-state index contributed by atoms with van der Waals surface area (Å²) in [6.07, 6.45) is 2.06. The Balaban J connectivity index is 1.72. The molecule has 0 saturated carbocycles. The van der Waals surface area contributed by atoms with Gasteiger partial charge in [-0.15, -0.1) is 4.40 Å². The number of amides is 2. The Kier molecular flexibility index (Phi) is 6.94. The summed E-state index contributed by atoms with van der Waals surface area (Å²) in [7, 11) is -2.07. The third-order valence-corrected chi connectivity index (χ3v) is 6.56. The quantitative estimate of drug-likeness (QED) is 0.695. The maximum Gasteiger partial charge on any atom is 0.319 e. The summed E-state index contributed by atoms with van der Waals surface area (Å²) >= 11 is 0. The fraction of sp³-hybridized carbons (Fsp3) is 0.364. The molecule has 2 amide bonds. The number of aryl methyl sites for hydroxylation is 1. The number of nitrogens with zero attached hydrogens (tertiary/aromatic N) is 2. The van der Waals surface area contributed by atoms with Gasteiger partial charge in [-0.2, -0.15) is 8.42 Å². The molecule has 166 valence electrons. The molecule has 0 aliphatic carbocycles. The molecule has 2 N–H and O–H groups in total. The van der Waals surface area contributed by atoms with Crippen LogP contribution in [0.3, 0.4) is 0 Å². The Labute approximate surface area is 182 Å². The maximum atomic E-state index is 13.9. The van der Waals surface area contributed by atoms with Crippen LogP contribution in [0.15, 0.2) is 51.8 Å². The summed E-state index contributed by atoms with van der Waals surface area (Å²) in [5.74, 6) is 0.206. The standard InChI is InChI=1S/C22H27FN4O3S/c1-4-20(16-11-10-15(2)19(23)13-16)25-22(28)24-17-7-5-8-18(14-17)31(29,30)26-21-9-6-12-27(21)3/h5,7-8,10-11,13-14,20H,4,6,9,12H2,1-3H3,(H2,24,25,28)/b26-21+/t20-/m0/s1. The van der Waals surface area contributed by atoms with Crippen molar-refractivity contribution in [3.63, 3.8) is 0 Å². The zero-order valence-corrected chi connectivity index (χ0v) is 18.7. The van der Waals surface area contributed by atoms with Gasteiger partial charge in [-0.25, -0.2) is 9.18 Å². The van der Waals surface area contributed by atoms with Crippen LogP contribution in [0.1, 0.15) is 43.4 Å². The molecule has 1 aliphatic heterocycles. The third kappa shape index (κ3) is 5.61. The second-order valence-corrected chi connectivity index (χ2v) is 9.21. The zero-order valence-electron chi connectivity index (χ0n) is 17.9. The van der Waals surface area contributed by atoms with Crippen LogP contribution in [-0.4, -0.2) is 38.8 Å². The van der Waals surface area contributed by atoms with Crippen LogP contribution in [0.25, 0.3) is 0 Å². The van der Waals surface area contributed by atoms with Gasteiger partial charge in [0.1, 0.15) is 11.7 Å². The van der Waals surface area contributed by atoms with Gasteiger partial charge in [0.05, 0.1) is 10.9 Å². The topological polar surface area (TPSA) is 90.9 Å². The number of likely N-dealkylation sites (tertiary alicyclic amines) is 1. The first-order valence-corrected chi connectivity index (χ1v) is 11.6. The van der Waals surface area contributed by atoms with Crippen LogP contribution in [0.4, 0.5) is 14.9 Å². The van der Waals surface area contributed by atoms with Crippen molar-refractivity contribution in [2.24, 2.45) is 4.40 Å². The molecule has 0 unspecified atom stereocenters. The van der Waals surface area contributed by atoms with Crippen molar-refractivity contribution >= 4 is 27.6 Å². The molecule has 2 aromatic carbocycles. The average Bonchev–Trinajstić information content (AvgIpc) is 3.12. The van der Waals surface area contributed by atoms with Crippen LogP contribution in [0.5, 0.6) is 0 Å². The predicted molar refractivity (Wildman–Crippen MR) is 119 cm³/mol. The molecular formula is C22H27FN4O3S. The Morgan fingerprint density at radius 2 is 2.03 bits per heavy atom. The normalized spacial score (nSPS) is 16.4. The van der Waals surface area contributed by atoms with Gasteiger partial charge in [0.15, 0.2) is 0 Å². The monoisotopic (exact) mass is 446 g/mol. The number of carbonyl (C=O) groups is 1. The summed E-state index contributed by atoms with van der Waals surface area (Å²) in [5, 5.41) is 5.45. The number of halogens is 1. The summed E-state index contributed by atoms with van der Waals surface area (Å²) in [6, 6.07) is 9.94. The van der Waals surface area contributed by atoms with Gasteiger partial charge in [0.2, 0.25) is 0 Å². The number of amidine groups is 1. The van der Waals surface area contributed by atoms with Crippen LogP contribution >= 0.6 is 0 Å². The Hall–Kier alpha value is -2.94. The van der Waals surface area contributed by atoms with Gasteiger partial charge in [0, 0.05) is 25.7 Å². The molecule has 0 spiro atoms. The Morgan fingerprint density at radius 1 is 1.26 bits per heavy atom. The first-order chi connectivity index (χ1) is 14.7. The fourth-order valence-corrected chi connectivity index (χ4v) is 4.55. The average molecular weight is 447 g/mol. The molecule has 1 aliphatic rings. The summed E-state index contributed by atoms with van der Waals surface area (Å²) in [6.45, 7) is 4.34. The Morgan fingerprint density at radius 3 is 2.68 bits per heavy atom. The molecule has 1 saturated heterocycles. The molecule has 9 heteroatoms. The summed E-state index contributed by atoms with van der Waals surface area (Å²) in [5.41, 5.74) is 1.52. The van der Waals surface area contributed by atoms with Crippen molar-refractivity contribution in [3.05, 3.63) is 59.4 Å². The van der Waals surface area contributed by atoms with Crippen molar-refractivity contribution in [3.8, 4) is 0 Å². The van der Waals surface area contributed by atoms with Crippen molar-refractivity contribution in [1.29, 1.82) is 0 Å². The van der Waals surface area contributed by atoms with E-state index in [-0.39, 0.29) is 16.8 Å². The highest BCUT2D eigenvalue weighted by atomic mass is 32.2. The van der Waals surface area contributed by atoms with E-state index < -0.39 is 16.1 Å². The largest absolute Gasteiger partial charge is 0.362 e. The highest BCUT2D eigenvalue weighted by Crippen LogP contribution is 2.22. The number of nitrogens with one attached hydrogen (secondary N) is 2. The van der Waals surface area contributed by atoms with E-state index in [0.717, 1.165) is 13.0 Å². The van der Waals surface area contributed by atoms with Gasteiger partial charge < -0.3 is 15.5 Å². The second kappa shape index (κ2) is 9.47. The number of hydrogen-bond donors (Lipinski definition) is 2. The molecule has 1 heterocycles. The second-order valence-electron chi connectivity index (χ2n) is 7.60. The summed E-state index contributed by atoms with van der Waals surface area (Å²) < 4.78 is 43.2. The number of benzene rings is 2. The van der Waals surface area contributed by atoms with Gasteiger partial charge in [-0.05, 0) is 55.2 Å². The number of sulfonamides is 1. The molecule has 31 heavy (non-hydrogen) atoms. The van der Waals surface area contributed by atoms with E-state index in [1.807, 2.05) is 18.9 Å². The first kappa shape index (κ1) is 22.7. The number of carbonyl (C=O) groups excluding carboxylic acids is 1. The lowest BCUT2D eigenvalue weighted by Crippen LogP contribution is -2.32. The lowest BCUT2D eigenvalue weighted by Gasteiger charge is -2.18. The van der Waals surface area contributed by atoms with E-state index in [2.05, 4.69) is 15.0 Å². The van der Waals surface area contributed by atoms with E-state index in [1.54, 1.807) is 31.2 Å². The molecule has 1 atom stereocenters. The lowest BCUT2D eigenvalue weighted by molar-refractivity contribution is 0.248. The van der Waals surface area contributed by atoms with Crippen LogP contribution in [-0.2, 0) is 10.0 Å². The van der Waals surface area contributed by atoms with Gasteiger partial charge in [-0.1, -0.05) is 25.1 Å². The maximum absolute atomic E-state index is 13.9. The van der Waals surface area contributed by atoms with E-state index in [4.69, 9.17) is 0 Å². The molecular weight excluding hydrogens is 419 g/mol. The van der Waals surface area contributed by atoms with E-state index in [1.165, 1.54) is 18.2 Å². The van der Waals surface area contributed by atoms with E-state index >= 15 is 0 Å². The molecule has 0 radical (unpaired) electrons. The van der Waals surface area contributed by atoms with E-state index in [0.29, 0.717) is 35.5 Å². The minimum Gasteiger partial charge on any atom is -0.362 e. The van der Waals surface area contributed by atoms with Gasteiger partial charge in [0.25, 0.3) is 10.0 Å². The zero-order chi connectivity index (χ0) is 22.6. The van der Waals surface area contributed by atoms with Gasteiger partial charge >= 0.3 is 6.03 Å². The summed E-state index contributed by atoms with van der Waals surface area (Å²) in [4.78, 5) is 14.3. The van der Waals surface area contributed by atoms with Crippen LogP contribution in [0, 0.1) is 12.7 Å². The minimum atomic E-state index is -3.88. The highest BCUT2D eigenvalue weighted by Gasteiger charge is 2.21. The smallest absolute Gasteiger partial charge is 0.319 e. The molecule has 0 bridgehead atoms. The van der Waals surface area contributed by atoms with E-state index in [9.17, 15) is 17.6 Å². The SMILES string of the molecule is CC[C@H](NC(=O)Nc1cccc(S(=O)(=O)/N=C2\CCCN2C)c1)c1ccc(C)c(F)c1. The molecule has 0 aromatic heterocycles. The lowest BCUT2D eigenvalue weighted by atomic mass is 10.0. The number of rotatable bonds is 6. The third-order valence-electron chi connectivity index (χ3n) is 5.26. The van der Waals surface area contributed by atoms with Crippen molar-refractivity contribution in [1.82, 2.24) is 10.2 Å².